The predicted molar refractivity (Wildman–Crippen MR) is 136 cm³/mol. The zero-order valence-corrected chi connectivity index (χ0v) is 22.4. The van der Waals surface area contributed by atoms with Gasteiger partial charge < -0.3 is 0 Å². The molecule has 2 aromatic rings. The molecule has 4 N–H and O–H groups in total. The molecule has 0 spiro atoms. The number of benzene rings is 2. The second-order valence-corrected chi connectivity index (χ2v) is 11.2. The fourth-order valence-corrected chi connectivity index (χ4v) is 6.43. The van der Waals surface area contributed by atoms with Crippen LogP contribution in [0.15, 0.2) is 72.8 Å². The molecule has 0 aliphatic carbocycles. The molecule has 6 nitrogen and oxygen atoms in total. The first-order valence-electron chi connectivity index (χ1n) is 11.1. The zero-order chi connectivity index (χ0) is 24.6. The van der Waals surface area contributed by atoms with E-state index in [1.54, 1.807) is 21.0 Å². The molecule has 0 atom stereocenters. The van der Waals surface area contributed by atoms with Gasteiger partial charge in [0, 0.05) is 12.2 Å². The van der Waals surface area contributed by atoms with Gasteiger partial charge in [-0.15, -0.1) is 0 Å². The number of nitrogens with one attached hydrogen (secondary N) is 2. The van der Waals surface area contributed by atoms with Crippen LogP contribution in [0, 0.1) is 0 Å². The molecule has 7 heteroatoms. The van der Waals surface area contributed by atoms with Crippen molar-refractivity contribution in [1.29, 1.82) is 0 Å². The molecule has 0 unspecified atom stereocenters. The van der Waals surface area contributed by atoms with Gasteiger partial charge >= 0.3 is 69.5 Å². The standard InChI is InChI=1S/2C9H9NO2.2C4H9.Sn/c2*11-9(10-12)7-6-8-4-2-1-3-5-8;2*1-3-4-2;/h2*1-7,12H,(H,10,11);2*1,3-4H2,2H3;/b2*7-6+;;;. The zero-order valence-electron chi connectivity index (χ0n) is 19.5. The Morgan fingerprint density at radius 2 is 1.09 bits per heavy atom. The van der Waals surface area contributed by atoms with Gasteiger partial charge in [-0.25, -0.2) is 11.0 Å². The molecule has 2 amide bonds. The van der Waals surface area contributed by atoms with E-state index in [2.05, 4.69) is 13.8 Å². The molecular formula is C26H36N2O4Sn. The van der Waals surface area contributed by atoms with Crippen LogP contribution in [-0.2, 0) is 9.59 Å². The second-order valence-electron chi connectivity index (χ2n) is 6.90. The maximum Gasteiger partial charge on any atom is 0.267 e. The van der Waals surface area contributed by atoms with Gasteiger partial charge in [0.2, 0.25) is 0 Å². The largest absolute Gasteiger partial charge is 0.288 e. The van der Waals surface area contributed by atoms with Crippen LogP contribution in [0.2, 0.25) is 8.87 Å². The molecule has 2 rings (SSSR count). The average molecular weight is 559 g/mol. The normalized spacial score (nSPS) is 10.1. The second kappa shape index (κ2) is 22.8. The van der Waals surface area contributed by atoms with Crippen LogP contribution in [0.5, 0.6) is 0 Å². The summed E-state index contributed by atoms with van der Waals surface area (Å²) in [7, 11) is 0. The minimum atomic E-state index is -0.529. The Morgan fingerprint density at radius 3 is 1.39 bits per heavy atom. The SMILES string of the molecule is CCC[CH2][Sn][CH2]CCC.O=C(/C=C/c1ccccc1)NO.O=C(/C=C/c1ccccc1)NO. The van der Waals surface area contributed by atoms with Crippen molar-refractivity contribution in [3.05, 3.63) is 83.9 Å². The van der Waals surface area contributed by atoms with E-state index < -0.39 is 11.8 Å². The van der Waals surface area contributed by atoms with E-state index in [0.717, 1.165) is 11.1 Å². The van der Waals surface area contributed by atoms with Gasteiger partial charge in [0.05, 0.1) is 0 Å². The van der Waals surface area contributed by atoms with E-state index in [1.807, 2.05) is 60.7 Å². The Bertz CT molecular complexity index is 729. The third-order valence-electron chi connectivity index (χ3n) is 4.09. The number of hydrogen-bond donors (Lipinski definition) is 4. The number of rotatable bonds is 10. The van der Waals surface area contributed by atoms with E-state index in [1.165, 1.54) is 48.8 Å². The Morgan fingerprint density at radius 1 is 0.727 bits per heavy atom. The summed E-state index contributed by atoms with van der Waals surface area (Å²) in [5, 5.41) is 16.3. The summed E-state index contributed by atoms with van der Waals surface area (Å²) in [5.74, 6) is -1.06. The third-order valence-corrected chi connectivity index (χ3v) is 8.12. The molecule has 0 heterocycles. The van der Waals surface area contributed by atoms with Crippen LogP contribution in [0.3, 0.4) is 0 Å². The molecular weight excluding hydrogens is 523 g/mol. The smallest absolute Gasteiger partial charge is 0.267 e. The number of carbonyl (C=O) groups is 2. The number of amides is 2. The summed E-state index contributed by atoms with van der Waals surface area (Å²) in [6.07, 6.45) is 11.6. The van der Waals surface area contributed by atoms with Gasteiger partial charge in [0.25, 0.3) is 11.8 Å². The molecule has 0 aromatic heterocycles. The van der Waals surface area contributed by atoms with Gasteiger partial charge in [0.1, 0.15) is 0 Å². The van der Waals surface area contributed by atoms with Crippen molar-refractivity contribution in [2.45, 2.75) is 48.4 Å². The Labute approximate surface area is 207 Å². The summed E-state index contributed by atoms with van der Waals surface area (Å²) in [5.41, 5.74) is 4.85. The first-order valence-corrected chi connectivity index (χ1v) is 15.2. The molecule has 2 radical (unpaired) electrons. The van der Waals surface area contributed by atoms with Crippen molar-refractivity contribution >= 4 is 45.1 Å². The van der Waals surface area contributed by atoms with Crippen molar-refractivity contribution in [1.82, 2.24) is 11.0 Å². The van der Waals surface area contributed by atoms with Crippen LogP contribution < -0.4 is 11.0 Å². The van der Waals surface area contributed by atoms with Crippen molar-refractivity contribution in [3.63, 3.8) is 0 Å². The van der Waals surface area contributed by atoms with Gasteiger partial charge in [-0.3, -0.25) is 20.0 Å². The summed E-state index contributed by atoms with van der Waals surface area (Å²) in [6, 6.07) is 18.7. The maximum absolute atomic E-state index is 10.5. The van der Waals surface area contributed by atoms with Crippen LogP contribution in [0.4, 0.5) is 0 Å². The van der Waals surface area contributed by atoms with Crippen LogP contribution in [-0.4, -0.2) is 43.4 Å². The van der Waals surface area contributed by atoms with E-state index in [-0.39, 0.29) is 21.1 Å². The molecule has 0 bridgehead atoms. The molecule has 178 valence electrons. The Balaban J connectivity index is 0.000000472. The van der Waals surface area contributed by atoms with Gasteiger partial charge in [0.15, 0.2) is 0 Å². The van der Waals surface area contributed by atoms with Crippen molar-refractivity contribution in [3.8, 4) is 0 Å². The monoisotopic (exact) mass is 560 g/mol. The number of unbranched alkanes of at least 4 members (excludes halogenated alkanes) is 2. The van der Waals surface area contributed by atoms with Crippen molar-refractivity contribution in [2.75, 3.05) is 0 Å². The fourth-order valence-electron chi connectivity index (χ4n) is 2.28. The van der Waals surface area contributed by atoms with Crippen LogP contribution >= 0.6 is 0 Å². The van der Waals surface area contributed by atoms with Crippen molar-refractivity contribution < 1.29 is 20.0 Å². The predicted octanol–water partition coefficient (Wildman–Crippen LogP) is 5.54. The first kappa shape index (κ1) is 30.6. The quantitative estimate of drug-likeness (QED) is 0.101. The maximum atomic E-state index is 10.5. The van der Waals surface area contributed by atoms with Gasteiger partial charge in [-0.1, -0.05) is 60.7 Å². The number of hydroxylamine groups is 2. The van der Waals surface area contributed by atoms with Crippen LogP contribution in [0.1, 0.15) is 50.7 Å². The van der Waals surface area contributed by atoms with E-state index in [9.17, 15) is 9.59 Å². The number of hydrogen-bond acceptors (Lipinski definition) is 4. The molecule has 0 saturated heterocycles. The van der Waals surface area contributed by atoms with Crippen molar-refractivity contribution in [2.24, 2.45) is 0 Å². The molecule has 0 fully saturated rings. The van der Waals surface area contributed by atoms with Crippen LogP contribution in [0.25, 0.3) is 12.2 Å². The minimum absolute atomic E-state index is 0.149. The fraction of sp³-hybridized carbons (Fsp3) is 0.308. The molecule has 0 aliphatic rings. The number of carbonyl (C=O) groups excluding carboxylic acids is 2. The Kier molecular flexibility index (Phi) is 21.1. The summed E-state index contributed by atoms with van der Waals surface area (Å²) >= 11 is 0.149. The molecule has 0 saturated carbocycles. The summed E-state index contributed by atoms with van der Waals surface area (Å²) in [6.45, 7) is 4.58. The topological polar surface area (TPSA) is 98.7 Å². The Hall–Kier alpha value is -2.42. The first-order chi connectivity index (χ1) is 16.1. The van der Waals surface area contributed by atoms with E-state index >= 15 is 0 Å². The summed E-state index contributed by atoms with van der Waals surface area (Å²) < 4.78 is 3.25. The minimum Gasteiger partial charge on any atom is -0.288 e. The van der Waals surface area contributed by atoms with Gasteiger partial charge in [-0.05, 0) is 23.3 Å². The van der Waals surface area contributed by atoms with E-state index in [4.69, 9.17) is 10.4 Å². The molecule has 33 heavy (non-hydrogen) atoms. The average Bonchev–Trinajstić information content (AvgIpc) is 2.87. The molecule has 2 aromatic carbocycles. The molecule has 0 aliphatic heterocycles. The van der Waals surface area contributed by atoms with Gasteiger partial charge in [-0.2, -0.15) is 0 Å². The summed E-state index contributed by atoms with van der Waals surface area (Å²) in [4.78, 5) is 21.1. The van der Waals surface area contributed by atoms with E-state index in [0.29, 0.717) is 0 Å². The third kappa shape index (κ3) is 20.0.